The van der Waals surface area contributed by atoms with Gasteiger partial charge in [-0.25, -0.2) is 0 Å². The molecule has 5 heteroatoms. The molecule has 2 rings (SSSR count). The molecule has 0 aliphatic carbocycles. The number of carbonyl (C=O) groups is 1. The van der Waals surface area contributed by atoms with Gasteiger partial charge < -0.3 is 20.3 Å². The molecule has 0 aromatic heterocycles. The van der Waals surface area contributed by atoms with Crippen LogP contribution in [0.2, 0.25) is 0 Å². The second-order valence-corrected chi connectivity index (χ2v) is 4.47. The molecule has 0 atom stereocenters. The van der Waals surface area contributed by atoms with Crippen molar-refractivity contribution in [3.8, 4) is 5.75 Å². The topological polar surface area (TPSA) is 53.6 Å². The molecule has 0 saturated carbocycles. The molecule has 1 aromatic carbocycles. The highest BCUT2D eigenvalue weighted by Crippen LogP contribution is 2.19. The van der Waals surface area contributed by atoms with E-state index in [2.05, 4.69) is 15.5 Å². The van der Waals surface area contributed by atoms with Gasteiger partial charge in [-0.2, -0.15) is 0 Å². The van der Waals surface area contributed by atoms with Crippen LogP contribution in [0.15, 0.2) is 24.3 Å². The van der Waals surface area contributed by atoms with Crippen LogP contribution in [-0.4, -0.2) is 45.2 Å². The molecule has 0 bridgehead atoms. The van der Waals surface area contributed by atoms with Crippen molar-refractivity contribution in [2.24, 2.45) is 0 Å². The Hall–Kier alpha value is -1.75. The number of ether oxygens (including phenoxy) is 1. The highest BCUT2D eigenvalue weighted by molar-refractivity contribution is 5.77. The van der Waals surface area contributed by atoms with Crippen LogP contribution in [0.5, 0.6) is 5.75 Å². The Morgan fingerprint density at radius 1 is 1.32 bits per heavy atom. The summed E-state index contributed by atoms with van der Waals surface area (Å²) >= 11 is 0. The van der Waals surface area contributed by atoms with Gasteiger partial charge in [-0.1, -0.05) is 0 Å². The number of hydrogen-bond donors (Lipinski definition) is 2. The predicted octanol–water partition coefficient (Wildman–Crippen LogP) is 0.611. The van der Waals surface area contributed by atoms with E-state index in [0.717, 1.165) is 31.9 Å². The number of piperazine rings is 1. The summed E-state index contributed by atoms with van der Waals surface area (Å²) in [6.07, 6.45) is 0. The van der Waals surface area contributed by atoms with Crippen molar-refractivity contribution in [2.75, 3.05) is 44.2 Å². The molecule has 1 aromatic rings. The summed E-state index contributed by atoms with van der Waals surface area (Å²) in [6.45, 7) is 6.69. The normalized spacial score (nSPS) is 15.1. The van der Waals surface area contributed by atoms with Crippen LogP contribution in [-0.2, 0) is 4.79 Å². The number of hydrogen-bond acceptors (Lipinski definition) is 4. The Morgan fingerprint density at radius 3 is 2.63 bits per heavy atom. The first kappa shape index (κ1) is 13.7. The molecule has 19 heavy (non-hydrogen) atoms. The first-order valence-electron chi connectivity index (χ1n) is 6.75. The summed E-state index contributed by atoms with van der Waals surface area (Å²) in [4.78, 5) is 13.6. The summed E-state index contributed by atoms with van der Waals surface area (Å²) in [5, 5.41) is 6.03. The zero-order chi connectivity index (χ0) is 13.5. The first-order chi connectivity index (χ1) is 9.29. The van der Waals surface area contributed by atoms with Gasteiger partial charge in [0, 0.05) is 38.4 Å². The Morgan fingerprint density at radius 2 is 2.00 bits per heavy atom. The van der Waals surface area contributed by atoms with E-state index in [9.17, 15) is 4.79 Å². The van der Waals surface area contributed by atoms with Crippen molar-refractivity contribution in [3.05, 3.63) is 24.3 Å². The minimum atomic E-state index is -0.0892. The second-order valence-electron chi connectivity index (χ2n) is 4.47. The molecule has 2 N–H and O–H groups in total. The van der Waals surface area contributed by atoms with E-state index < -0.39 is 0 Å². The maximum absolute atomic E-state index is 11.3. The van der Waals surface area contributed by atoms with E-state index in [0.29, 0.717) is 6.54 Å². The molecule has 0 spiro atoms. The lowest BCUT2D eigenvalue weighted by Crippen LogP contribution is -2.43. The third kappa shape index (κ3) is 4.13. The van der Waals surface area contributed by atoms with Crippen molar-refractivity contribution in [1.29, 1.82) is 0 Å². The molecule has 1 aliphatic heterocycles. The number of nitrogens with one attached hydrogen (secondary N) is 2. The van der Waals surface area contributed by atoms with Crippen LogP contribution in [0.3, 0.4) is 0 Å². The largest absolute Gasteiger partial charge is 0.484 e. The molecule has 5 nitrogen and oxygen atoms in total. The van der Waals surface area contributed by atoms with Gasteiger partial charge in [0.2, 0.25) is 0 Å². The molecule has 1 saturated heterocycles. The molecule has 104 valence electrons. The highest BCUT2D eigenvalue weighted by Gasteiger charge is 2.10. The molecular formula is C14H21N3O2. The zero-order valence-electron chi connectivity index (χ0n) is 11.3. The standard InChI is InChI=1S/C14H21N3O2/c1-2-16-14(18)11-19-13-5-3-12(4-6-13)17-9-7-15-8-10-17/h3-6,15H,2,7-11H2,1H3,(H,16,18). The number of rotatable bonds is 5. The van der Waals surface area contributed by atoms with Crippen LogP contribution in [0.4, 0.5) is 5.69 Å². The quantitative estimate of drug-likeness (QED) is 0.817. The second kappa shape index (κ2) is 6.99. The van der Waals surface area contributed by atoms with E-state index >= 15 is 0 Å². The Kier molecular flexibility index (Phi) is 5.03. The van der Waals surface area contributed by atoms with Crippen LogP contribution in [0.25, 0.3) is 0 Å². The maximum Gasteiger partial charge on any atom is 0.257 e. The predicted molar refractivity (Wildman–Crippen MR) is 75.7 cm³/mol. The summed E-state index contributed by atoms with van der Waals surface area (Å²) in [7, 11) is 0. The van der Waals surface area contributed by atoms with Gasteiger partial charge in [-0.3, -0.25) is 4.79 Å². The van der Waals surface area contributed by atoms with Gasteiger partial charge in [0.1, 0.15) is 5.75 Å². The molecule has 1 heterocycles. The van der Waals surface area contributed by atoms with E-state index in [1.807, 2.05) is 31.2 Å². The molecule has 0 radical (unpaired) electrons. The monoisotopic (exact) mass is 263 g/mol. The van der Waals surface area contributed by atoms with Crippen LogP contribution < -0.4 is 20.3 Å². The van der Waals surface area contributed by atoms with Gasteiger partial charge in [0.05, 0.1) is 0 Å². The number of likely N-dealkylation sites (N-methyl/N-ethyl adjacent to an activating group) is 1. The minimum absolute atomic E-state index is 0.0703. The summed E-state index contributed by atoms with van der Waals surface area (Å²) in [5.41, 5.74) is 1.20. The average Bonchev–Trinajstić information content (AvgIpc) is 2.47. The molecular weight excluding hydrogens is 242 g/mol. The van der Waals surface area contributed by atoms with Crippen LogP contribution in [0, 0.1) is 0 Å². The van der Waals surface area contributed by atoms with Crippen molar-refractivity contribution >= 4 is 11.6 Å². The van der Waals surface area contributed by atoms with Crippen LogP contribution >= 0.6 is 0 Å². The van der Waals surface area contributed by atoms with Crippen LogP contribution in [0.1, 0.15) is 6.92 Å². The Bertz CT molecular complexity index is 400. The number of benzene rings is 1. The number of anilines is 1. The fraction of sp³-hybridized carbons (Fsp3) is 0.500. The van der Waals surface area contributed by atoms with E-state index in [-0.39, 0.29) is 12.5 Å². The lowest BCUT2D eigenvalue weighted by atomic mass is 10.2. The minimum Gasteiger partial charge on any atom is -0.484 e. The molecule has 1 fully saturated rings. The molecule has 1 aliphatic rings. The maximum atomic E-state index is 11.3. The molecule has 0 unspecified atom stereocenters. The van der Waals surface area contributed by atoms with Crippen molar-refractivity contribution in [1.82, 2.24) is 10.6 Å². The third-order valence-electron chi connectivity index (χ3n) is 3.06. The number of amides is 1. The smallest absolute Gasteiger partial charge is 0.257 e. The summed E-state index contributed by atoms with van der Waals surface area (Å²) < 4.78 is 5.42. The van der Waals surface area contributed by atoms with Crippen molar-refractivity contribution in [2.45, 2.75) is 6.92 Å². The van der Waals surface area contributed by atoms with Gasteiger partial charge in [-0.15, -0.1) is 0 Å². The van der Waals surface area contributed by atoms with Crippen molar-refractivity contribution in [3.63, 3.8) is 0 Å². The van der Waals surface area contributed by atoms with Gasteiger partial charge >= 0.3 is 0 Å². The lowest BCUT2D eigenvalue weighted by molar-refractivity contribution is -0.122. The fourth-order valence-electron chi connectivity index (χ4n) is 2.07. The van der Waals surface area contributed by atoms with E-state index in [4.69, 9.17) is 4.74 Å². The fourth-order valence-corrected chi connectivity index (χ4v) is 2.07. The third-order valence-corrected chi connectivity index (χ3v) is 3.06. The highest BCUT2D eigenvalue weighted by atomic mass is 16.5. The van der Waals surface area contributed by atoms with Crippen molar-refractivity contribution < 1.29 is 9.53 Å². The summed E-state index contributed by atoms with van der Waals surface area (Å²) in [5.74, 6) is 0.638. The summed E-state index contributed by atoms with van der Waals surface area (Å²) in [6, 6.07) is 7.91. The first-order valence-corrected chi connectivity index (χ1v) is 6.75. The average molecular weight is 263 g/mol. The van der Waals surface area contributed by atoms with E-state index in [1.165, 1.54) is 5.69 Å². The Labute approximate surface area is 113 Å². The zero-order valence-corrected chi connectivity index (χ0v) is 11.3. The number of nitrogens with zero attached hydrogens (tertiary/aromatic N) is 1. The van der Waals surface area contributed by atoms with E-state index in [1.54, 1.807) is 0 Å². The Balaban J connectivity index is 1.85. The van der Waals surface area contributed by atoms with Gasteiger partial charge in [0.15, 0.2) is 6.61 Å². The number of carbonyl (C=O) groups excluding carboxylic acids is 1. The SMILES string of the molecule is CCNC(=O)COc1ccc(N2CCNCC2)cc1. The molecule has 1 amide bonds. The van der Waals surface area contributed by atoms with Gasteiger partial charge in [-0.05, 0) is 31.2 Å². The lowest BCUT2D eigenvalue weighted by Gasteiger charge is -2.29. The van der Waals surface area contributed by atoms with Gasteiger partial charge in [0.25, 0.3) is 5.91 Å².